The fourth-order valence-electron chi connectivity index (χ4n) is 6.54. The van der Waals surface area contributed by atoms with Crippen molar-refractivity contribution in [3.8, 4) is 0 Å². The van der Waals surface area contributed by atoms with E-state index in [2.05, 4.69) is 13.8 Å². The molecule has 0 N–H and O–H groups in total. The first kappa shape index (κ1) is 53.0. The van der Waals surface area contributed by atoms with Gasteiger partial charge in [0.25, 0.3) is 7.82 Å². The molecule has 0 heterocycles. The van der Waals surface area contributed by atoms with Gasteiger partial charge in [0.05, 0.1) is 27.7 Å². The Bertz CT molecular complexity index is 896. The minimum Gasteiger partial charge on any atom is -0.756 e. The van der Waals surface area contributed by atoms with E-state index in [-0.39, 0.29) is 32.0 Å². The lowest BCUT2D eigenvalue weighted by Gasteiger charge is -2.28. The van der Waals surface area contributed by atoms with Crippen molar-refractivity contribution in [1.82, 2.24) is 0 Å². The summed E-state index contributed by atoms with van der Waals surface area (Å²) in [5, 5.41) is 0. The first-order valence-electron chi connectivity index (χ1n) is 22.7. The number of nitrogens with zero attached hydrogens (tertiary/aromatic N) is 1. The molecule has 10 heteroatoms. The average Bonchev–Trinajstić information content (AvgIpc) is 3.12. The van der Waals surface area contributed by atoms with Crippen molar-refractivity contribution in [1.29, 1.82) is 0 Å². The quantitative estimate of drug-likeness (QED) is 0.0260. The van der Waals surface area contributed by atoms with Gasteiger partial charge in [0.2, 0.25) is 0 Å². The van der Waals surface area contributed by atoms with E-state index in [9.17, 15) is 19.0 Å². The third kappa shape index (κ3) is 40.7. The van der Waals surface area contributed by atoms with Gasteiger partial charge in [-0.25, -0.2) is 0 Å². The van der Waals surface area contributed by atoms with Crippen LogP contribution in [0.5, 0.6) is 0 Å². The van der Waals surface area contributed by atoms with Gasteiger partial charge in [-0.15, -0.1) is 0 Å². The minimum absolute atomic E-state index is 0.0256. The number of quaternary nitrogens is 1. The molecule has 0 saturated heterocycles. The Morgan fingerprint density at radius 1 is 0.500 bits per heavy atom. The fraction of sp³-hybridized carbons (Fsp3) is 0.955. The standard InChI is InChI=1S/C44H88NO8P/c1-6-8-10-12-14-16-18-20-22-24-26-28-30-32-34-36-43(46)50-40-42(41-52-54(48,49)51-39-38-45(3,4)5)53-44(47)37-35-33-31-29-27-25-23-21-19-17-15-13-11-9-7-2/h42H,6-41H2,1-5H3/t42-/m0/s1. The van der Waals surface area contributed by atoms with Crippen molar-refractivity contribution < 1.29 is 42.1 Å². The highest BCUT2D eigenvalue weighted by atomic mass is 31.2. The summed E-state index contributed by atoms with van der Waals surface area (Å²) in [7, 11) is 1.18. The molecule has 0 spiro atoms. The Kier molecular flexibility index (Phi) is 36.9. The van der Waals surface area contributed by atoms with Gasteiger partial charge in [0, 0.05) is 12.8 Å². The zero-order chi connectivity index (χ0) is 40.0. The summed E-state index contributed by atoms with van der Waals surface area (Å²) < 4.78 is 33.9. The van der Waals surface area contributed by atoms with Crippen molar-refractivity contribution >= 4 is 19.8 Å². The van der Waals surface area contributed by atoms with E-state index in [1.54, 1.807) is 0 Å². The SMILES string of the molecule is CCCCCCCCCCCCCCCCCC(=O)OC[C@@H](COP(=O)([O-])OCC[N+](C)(C)C)OC(=O)CCCCCCCCCCCCCCCCC. The number of esters is 2. The van der Waals surface area contributed by atoms with Crippen LogP contribution < -0.4 is 4.89 Å². The molecule has 2 atom stereocenters. The van der Waals surface area contributed by atoms with Crippen LogP contribution in [-0.2, 0) is 32.7 Å². The van der Waals surface area contributed by atoms with Gasteiger partial charge in [0.15, 0.2) is 6.10 Å². The summed E-state index contributed by atoms with van der Waals surface area (Å²) in [6.07, 6.45) is 36.9. The number of hydrogen-bond donors (Lipinski definition) is 0. The molecule has 0 aromatic carbocycles. The van der Waals surface area contributed by atoms with Gasteiger partial charge in [-0.1, -0.05) is 194 Å². The third-order valence-electron chi connectivity index (χ3n) is 10.1. The summed E-state index contributed by atoms with van der Waals surface area (Å²) in [5.74, 6) is -0.818. The highest BCUT2D eigenvalue weighted by molar-refractivity contribution is 7.45. The molecule has 0 bridgehead atoms. The fourth-order valence-corrected chi connectivity index (χ4v) is 7.27. The summed E-state index contributed by atoms with van der Waals surface area (Å²) in [6.45, 7) is 4.27. The number of carbonyl (C=O) groups excluding carboxylic acids is 2. The van der Waals surface area contributed by atoms with Crippen LogP contribution in [0.4, 0.5) is 0 Å². The Hall–Kier alpha value is -0.990. The number of phosphoric ester groups is 1. The highest BCUT2D eigenvalue weighted by Crippen LogP contribution is 2.38. The Labute approximate surface area is 334 Å². The van der Waals surface area contributed by atoms with Crippen molar-refractivity contribution in [2.45, 2.75) is 225 Å². The van der Waals surface area contributed by atoms with Gasteiger partial charge >= 0.3 is 11.9 Å². The van der Waals surface area contributed by atoms with E-state index in [1.807, 2.05) is 21.1 Å². The molecule has 322 valence electrons. The second-order valence-corrected chi connectivity index (χ2v) is 18.2. The molecule has 0 aliphatic heterocycles. The molecule has 0 fully saturated rings. The number of phosphoric acid groups is 1. The Balaban J connectivity index is 4.30. The van der Waals surface area contributed by atoms with Crippen LogP contribution in [0, 0.1) is 0 Å². The smallest absolute Gasteiger partial charge is 0.306 e. The molecule has 0 amide bonds. The topological polar surface area (TPSA) is 111 Å². The molecule has 54 heavy (non-hydrogen) atoms. The van der Waals surface area contributed by atoms with Crippen molar-refractivity contribution in [3.63, 3.8) is 0 Å². The average molecular weight is 790 g/mol. The summed E-state index contributed by atoms with van der Waals surface area (Å²) in [4.78, 5) is 37.5. The lowest BCUT2D eigenvalue weighted by Crippen LogP contribution is -2.37. The summed E-state index contributed by atoms with van der Waals surface area (Å²) in [5.41, 5.74) is 0. The molecular weight excluding hydrogens is 701 g/mol. The van der Waals surface area contributed by atoms with Crippen LogP contribution in [0.2, 0.25) is 0 Å². The van der Waals surface area contributed by atoms with E-state index < -0.39 is 26.5 Å². The van der Waals surface area contributed by atoms with Gasteiger partial charge in [-0.05, 0) is 12.8 Å². The van der Waals surface area contributed by atoms with Crippen LogP contribution in [0.25, 0.3) is 0 Å². The lowest BCUT2D eigenvalue weighted by molar-refractivity contribution is -0.870. The molecule has 0 aliphatic carbocycles. The largest absolute Gasteiger partial charge is 0.756 e. The second kappa shape index (κ2) is 37.6. The number of hydrogen-bond acceptors (Lipinski definition) is 8. The summed E-state index contributed by atoms with van der Waals surface area (Å²) >= 11 is 0. The van der Waals surface area contributed by atoms with Crippen LogP contribution in [0.15, 0.2) is 0 Å². The maximum atomic E-state index is 12.7. The molecule has 9 nitrogen and oxygen atoms in total. The van der Waals surface area contributed by atoms with Gasteiger partial charge in [0.1, 0.15) is 19.8 Å². The van der Waals surface area contributed by atoms with Crippen molar-refractivity contribution in [2.75, 3.05) is 47.5 Å². The van der Waals surface area contributed by atoms with Crippen LogP contribution in [-0.4, -0.2) is 70.0 Å². The van der Waals surface area contributed by atoms with Gasteiger partial charge in [-0.2, -0.15) is 0 Å². The molecule has 0 saturated carbocycles. The number of likely N-dealkylation sites (N-methyl/N-ethyl adjacent to an activating group) is 1. The maximum absolute atomic E-state index is 12.7. The third-order valence-corrected chi connectivity index (χ3v) is 11.1. The zero-order valence-corrected chi connectivity index (χ0v) is 37.1. The number of rotatable bonds is 42. The van der Waals surface area contributed by atoms with E-state index in [0.29, 0.717) is 17.4 Å². The Morgan fingerprint density at radius 2 is 0.833 bits per heavy atom. The van der Waals surface area contributed by atoms with E-state index in [1.165, 1.54) is 154 Å². The number of ether oxygens (including phenoxy) is 2. The second-order valence-electron chi connectivity index (χ2n) is 16.8. The van der Waals surface area contributed by atoms with Gasteiger partial charge < -0.3 is 27.9 Å². The molecular formula is C44H88NO8P. The predicted molar refractivity (Wildman–Crippen MR) is 222 cm³/mol. The molecule has 0 aliphatic rings. The lowest BCUT2D eigenvalue weighted by atomic mass is 10.0. The maximum Gasteiger partial charge on any atom is 0.306 e. The molecule has 0 radical (unpaired) electrons. The molecule has 0 aromatic heterocycles. The van der Waals surface area contributed by atoms with E-state index in [0.717, 1.165) is 32.1 Å². The zero-order valence-electron chi connectivity index (χ0n) is 36.2. The molecule has 1 unspecified atom stereocenters. The monoisotopic (exact) mass is 790 g/mol. The van der Waals surface area contributed by atoms with Crippen LogP contribution in [0.1, 0.15) is 219 Å². The number of carbonyl (C=O) groups is 2. The summed E-state index contributed by atoms with van der Waals surface area (Å²) in [6, 6.07) is 0. The van der Waals surface area contributed by atoms with Gasteiger partial charge in [-0.3, -0.25) is 14.2 Å². The van der Waals surface area contributed by atoms with E-state index in [4.69, 9.17) is 18.5 Å². The van der Waals surface area contributed by atoms with Crippen molar-refractivity contribution in [3.05, 3.63) is 0 Å². The predicted octanol–water partition coefficient (Wildman–Crippen LogP) is 12.2. The number of unbranched alkanes of at least 4 members (excludes halogenated alkanes) is 28. The van der Waals surface area contributed by atoms with Crippen LogP contribution >= 0.6 is 7.82 Å². The highest BCUT2D eigenvalue weighted by Gasteiger charge is 2.21. The first-order valence-corrected chi connectivity index (χ1v) is 24.2. The first-order chi connectivity index (χ1) is 26.0. The molecule has 0 aromatic rings. The normalized spacial score (nSPS) is 13.5. The Morgan fingerprint density at radius 3 is 1.19 bits per heavy atom. The van der Waals surface area contributed by atoms with E-state index >= 15 is 0 Å². The minimum atomic E-state index is -4.62. The van der Waals surface area contributed by atoms with Crippen LogP contribution in [0.3, 0.4) is 0 Å². The molecule has 0 rings (SSSR count). The van der Waals surface area contributed by atoms with Crippen molar-refractivity contribution in [2.24, 2.45) is 0 Å².